The van der Waals surface area contributed by atoms with E-state index in [4.69, 9.17) is 0 Å². The summed E-state index contributed by atoms with van der Waals surface area (Å²) >= 11 is 0. The van der Waals surface area contributed by atoms with E-state index in [9.17, 15) is 14.4 Å². The molecule has 1 heterocycles. The topological polar surface area (TPSA) is 104 Å². The molecule has 28 heavy (non-hydrogen) atoms. The summed E-state index contributed by atoms with van der Waals surface area (Å²) in [5.41, 5.74) is 1.68. The van der Waals surface area contributed by atoms with Crippen LogP contribution in [0.2, 0.25) is 0 Å². The Bertz CT molecular complexity index is 1100. The summed E-state index contributed by atoms with van der Waals surface area (Å²) in [6.45, 7) is 0. The van der Waals surface area contributed by atoms with E-state index in [2.05, 4.69) is 20.6 Å². The molecule has 3 aromatic rings. The third-order valence-electron chi connectivity index (χ3n) is 4.61. The van der Waals surface area contributed by atoms with Gasteiger partial charge in [0, 0.05) is 30.1 Å². The van der Waals surface area contributed by atoms with E-state index in [1.807, 2.05) is 6.07 Å². The Hall–Kier alpha value is -3.48. The first kappa shape index (κ1) is 17.9. The highest BCUT2D eigenvalue weighted by molar-refractivity contribution is 5.96. The molecule has 3 N–H and O–H groups in total. The van der Waals surface area contributed by atoms with E-state index in [1.54, 1.807) is 42.5 Å². The number of nitrogens with zero attached hydrogens (tertiary/aromatic N) is 1. The van der Waals surface area contributed by atoms with E-state index in [-0.39, 0.29) is 29.7 Å². The maximum atomic E-state index is 12.3. The summed E-state index contributed by atoms with van der Waals surface area (Å²) in [4.78, 5) is 43.3. The molecular formula is C21H20N4O3. The molecule has 1 saturated carbocycles. The van der Waals surface area contributed by atoms with Gasteiger partial charge in [0.1, 0.15) is 5.82 Å². The number of aromatic nitrogens is 2. The standard InChI is InChI=1S/C21H20N4O3/c26-19(11-10-18-24-17-7-2-1-6-16(17)21(28)25-18)22-14-4-3-5-15(12-14)23-20(27)13-8-9-13/h1-7,12-13H,8-11H2,(H,22,26)(H,23,27)(H,24,25,28). The van der Waals surface area contributed by atoms with Crippen molar-refractivity contribution >= 4 is 34.1 Å². The fourth-order valence-electron chi connectivity index (χ4n) is 2.97. The predicted molar refractivity (Wildman–Crippen MR) is 107 cm³/mol. The maximum Gasteiger partial charge on any atom is 0.258 e. The third kappa shape index (κ3) is 4.25. The van der Waals surface area contributed by atoms with Gasteiger partial charge in [-0.25, -0.2) is 4.98 Å². The molecule has 1 fully saturated rings. The molecule has 1 aliphatic carbocycles. The second-order valence-electron chi connectivity index (χ2n) is 6.92. The molecule has 2 amide bonds. The number of carbonyl (C=O) groups excluding carboxylic acids is 2. The Morgan fingerprint density at radius 3 is 2.57 bits per heavy atom. The van der Waals surface area contributed by atoms with Crippen molar-refractivity contribution in [2.45, 2.75) is 25.7 Å². The molecule has 0 radical (unpaired) electrons. The molecule has 1 aromatic heterocycles. The molecule has 1 aliphatic rings. The van der Waals surface area contributed by atoms with Crippen LogP contribution in [-0.2, 0) is 16.0 Å². The normalized spacial score (nSPS) is 13.3. The molecule has 7 nitrogen and oxygen atoms in total. The monoisotopic (exact) mass is 376 g/mol. The number of rotatable bonds is 6. The van der Waals surface area contributed by atoms with Crippen LogP contribution in [0.25, 0.3) is 10.9 Å². The third-order valence-corrected chi connectivity index (χ3v) is 4.61. The van der Waals surface area contributed by atoms with Crippen molar-refractivity contribution in [1.82, 2.24) is 9.97 Å². The summed E-state index contributed by atoms with van der Waals surface area (Å²) in [5.74, 6) is 0.426. The van der Waals surface area contributed by atoms with Gasteiger partial charge in [0.25, 0.3) is 5.56 Å². The van der Waals surface area contributed by atoms with Gasteiger partial charge in [-0.1, -0.05) is 18.2 Å². The van der Waals surface area contributed by atoms with Gasteiger partial charge in [-0.15, -0.1) is 0 Å². The van der Waals surface area contributed by atoms with E-state index in [0.29, 0.717) is 34.5 Å². The summed E-state index contributed by atoms with van der Waals surface area (Å²) in [7, 11) is 0. The first-order valence-electron chi connectivity index (χ1n) is 9.27. The number of nitrogens with one attached hydrogen (secondary N) is 3. The second-order valence-corrected chi connectivity index (χ2v) is 6.92. The Kier molecular flexibility index (Phi) is 4.89. The van der Waals surface area contributed by atoms with Gasteiger partial charge < -0.3 is 15.6 Å². The smallest absolute Gasteiger partial charge is 0.258 e. The SMILES string of the molecule is O=C(CCc1nc2ccccc2c(=O)[nH]1)Nc1cccc(NC(=O)C2CC2)c1. The minimum atomic E-state index is -0.208. The molecule has 0 saturated heterocycles. The first-order valence-corrected chi connectivity index (χ1v) is 9.27. The van der Waals surface area contributed by atoms with Gasteiger partial charge in [0.15, 0.2) is 0 Å². The highest BCUT2D eigenvalue weighted by atomic mass is 16.2. The number of hydrogen-bond acceptors (Lipinski definition) is 4. The zero-order valence-electron chi connectivity index (χ0n) is 15.2. The van der Waals surface area contributed by atoms with E-state index >= 15 is 0 Å². The lowest BCUT2D eigenvalue weighted by Crippen LogP contribution is -2.17. The minimum absolute atomic E-state index is 0.0230. The van der Waals surface area contributed by atoms with Crippen LogP contribution in [0.5, 0.6) is 0 Å². The summed E-state index contributed by atoms with van der Waals surface area (Å²) in [5, 5.41) is 6.20. The summed E-state index contributed by atoms with van der Waals surface area (Å²) in [6, 6.07) is 14.2. The number of para-hydroxylation sites is 1. The van der Waals surface area contributed by atoms with Crippen LogP contribution in [-0.4, -0.2) is 21.8 Å². The maximum absolute atomic E-state index is 12.3. The highest BCUT2D eigenvalue weighted by Crippen LogP contribution is 2.30. The Balaban J connectivity index is 1.37. The van der Waals surface area contributed by atoms with Gasteiger partial charge in [0.05, 0.1) is 10.9 Å². The fourth-order valence-corrected chi connectivity index (χ4v) is 2.97. The molecule has 0 spiro atoms. The predicted octanol–water partition coefficient (Wildman–Crippen LogP) is 2.84. The van der Waals surface area contributed by atoms with Gasteiger partial charge in [0.2, 0.25) is 11.8 Å². The van der Waals surface area contributed by atoms with Crippen LogP contribution >= 0.6 is 0 Å². The molecular weight excluding hydrogens is 356 g/mol. The number of benzene rings is 2. The number of carbonyl (C=O) groups is 2. The van der Waals surface area contributed by atoms with Crippen LogP contribution in [0.4, 0.5) is 11.4 Å². The average Bonchev–Trinajstić information content (AvgIpc) is 3.52. The van der Waals surface area contributed by atoms with Crippen LogP contribution in [0, 0.1) is 5.92 Å². The van der Waals surface area contributed by atoms with Crippen molar-refractivity contribution in [1.29, 1.82) is 0 Å². The highest BCUT2D eigenvalue weighted by Gasteiger charge is 2.29. The largest absolute Gasteiger partial charge is 0.326 e. The summed E-state index contributed by atoms with van der Waals surface area (Å²) in [6.07, 6.45) is 2.38. The lowest BCUT2D eigenvalue weighted by atomic mass is 10.2. The molecule has 0 aliphatic heterocycles. The molecule has 7 heteroatoms. The van der Waals surface area contributed by atoms with E-state index in [1.165, 1.54) is 0 Å². The number of aromatic amines is 1. The van der Waals surface area contributed by atoms with E-state index in [0.717, 1.165) is 12.8 Å². The number of aryl methyl sites for hydroxylation is 1. The fraction of sp³-hybridized carbons (Fsp3) is 0.238. The van der Waals surface area contributed by atoms with Crippen LogP contribution in [0.1, 0.15) is 25.1 Å². The lowest BCUT2D eigenvalue weighted by Gasteiger charge is -2.09. The molecule has 4 rings (SSSR count). The Morgan fingerprint density at radius 1 is 1.04 bits per heavy atom. The molecule has 0 unspecified atom stereocenters. The molecule has 0 bridgehead atoms. The van der Waals surface area contributed by atoms with Gasteiger partial charge >= 0.3 is 0 Å². The first-order chi connectivity index (χ1) is 13.6. The molecule has 2 aromatic carbocycles. The number of hydrogen-bond donors (Lipinski definition) is 3. The van der Waals surface area contributed by atoms with Gasteiger partial charge in [-0.2, -0.15) is 0 Å². The number of anilines is 2. The van der Waals surface area contributed by atoms with Crippen molar-refractivity contribution in [2.24, 2.45) is 5.92 Å². The number of H-pyrrole nitrogens is 1. The van der Waals surface area contributed by atoms with Gasteiger partial charge in [-0.3, -0.25) is 14.4 Å². The van der Waals surface area contributed by atoms with Crippen molar-refractivity contribution in [2.75, 3.05) is 10.6 Å². The van der Waals surface area contributed by atoms with Crippen molar-refractivity contribution in [3.63, 3.8) is 0 Å². The second kappa shape index (κ2) is 7.64. The van der Waals surface area contributed by atoms with Crippen molar-refractivity contribution < 1.29 is 9.59 Å². The Labute approximate surface area is 161 Å². The van der Waals surface area contributed by atoms with Crippen LogP contribution < -0.4 is 16.2 Å². The summed E-state index contributed by atoms with van der Waals surface area (Å²) < 4.78 is 0. The van der Waals surface area contributed by atoms with Crippen molar-refractivity contribution in [3.8, 4) is 0 Å². The average molecular weight is 376 g/mol. The van der Waals surface area contributed by atoms with Gasteiger partial charge in [-0.05, 0) is 43.2 Å². The lowest BCUT2D eigenvalue weighted by molar-refractivity contribution is -0.117. The Morgan fingerprint density at radius 2 is 1.79 bits per heavy atom. The number of fused-ring (bicyclic) bond motifs is 1. The molecule has 0 atom stereocenters. The van der Waals surface area contributed by atoms with E-state index < -0.39 is 0 Å². The minimum Gasteiger partial charge on any atom is -0.326 e. The number of amides is 2. The van der Waals surface area contributed by atoms with Crippen LogP contribution in [0.3, 0.4) is 0 Å². The quantitative estimate of drug-likeness (QED) is 0.615. The zero-order valence-corrected chi connectivity index (χ0v) is 15.2. The zero-order chi connectivity index (χ0) is 19.5. The molecule has 142 valence electrons. The van der Waals surface area contributed by atoms with Crippen molar-refractivity contribution in [3.05, 3.63) is 64.7 Å². The van der Waals surface area contributed by atoms with Crippen LogP contribution in [0.15, 0.2) is 53.3 Å².